The van der Waals surface area contributed by atoms with E-state index in [4.69, 9.17) is 4.74 Å². The molecule has 0 aliphatic heterocycles. The molecule has 1 aromatic rings. The Morgan fingerprint density at radius 2 is 1.50 bits per heavy atom. The quantitative estimate of drug-likeness (QED) is 0.361. The highest BCUT2D eigenvalue weighted by Gasteiger charge is 2.45. The maximum absolute atomic E-state index is 11.5. The van der Waals surface area contributed by atoms with E-state index in [2.05, 4.69) is 6.92 Å². The molecule has 26 heavy (non-hydrogen) atoms. The summed E-state index contributed by atoms with van der Waals surface area (Å²) >= 11 is 0. The van der Waals surface area contributed by atoms with Crippen molar-refractivity contribution >= 4 is 11.9 Å². The molecule has 146 valence electrons. The molecule has 0 aliphatic rings. The van der Waals surface area contributed by atoms with Gasteiger partial charge in [0.2, 0.25) is 0 Å². The molecule has 1 rings (SSSR count). The second-order valence-corrected chi connectivity index (χ2v) is 6.85. The maximum atomic E-state index is 11.5. The molecule has 2 N–H and O–H groups in total. The number of hydrogen-bond acceptors (Lipinski definition) is 3. The van der Waals surface area contributed by atoms with Crippen LogP contribution in [-0.4, -0.2) is 28.8 Å². The first-order valence-corrected chi connectivity index (χ1v) is 9.64. The number of benzene rings is 1. The number of ether oxygens (including phenoxy) is 1. The van der Waals surface area contributed by atoms with Crippen molar-refractivity contribution < 1.29 is 24.5 Å². The Hall–Kier alpha value is -2.04. The minimum absolute atomic E-state index is 0.0864. The van der Waals surface area contributed by atoms with Crippen molar-refractivity contribution in [2.24, 2.45) is 5.41 Å². The number of aryl methyl sites for hydroxylation is 1. The first-order valence-electron chi connectivity index (χ1n) is 9.64. The first-order chi connectivity index (χ1) is 12.5. The van der Waals surface area contributed by atoms with Gasteiger partial charge in [-0.15, -0.1) is 0 Å². The molecule has 0 fully saturated rings. The molecule has 0 spiro atoms. The number of hydrogen-bond donors (Lipinski definition) is 2. The van der Waals surface area contributed by atoms with Crippen LogP contribution in [0.4, 0.5) is 0 Å². The summed E-state index contributed by atoms with van der Waals surface area (Å²) in [6.07, 6.45) is 7.10. The topological polar surface area (TPSA) is 83.8 Å². The Morgan fingerprint density at radius 3 is 2.04 bits per heavy atom. The summed E-state index contributed by atoms with van der Waals surface area (Å²) in [7, 11) is 0. The van der Waals surface area contributed by atoms with Crippen LogP contribution in [-0.2, 0) is 16.0 Å². The van der Waals surface area contributed by atoms with Crippen LogP contribution in [0.15, 0.2) is 24.3 Å². The highest BCUT2D eigenvalue weighted by atomic mass is 16.5. The predicted molar refractivity (Wildman–Crippen MR) is 102 cm³/mol. The Balaban J connectivity index is 2.53. The van der Waals surface area contributed by atoms with E-state index in [9.17, 15) is 19.8 Å². The SMILES string of the molecule is CCCCCCCOc1ccc(CCC(CCC)(C(=O)O)C(=O)O)cc1. The van der Waals surface area contributed by atoms with Crippen LogP contribution in [0.1, 0.15) is 70.8 Å². The van der Waals surface area contributed by atoms with Crippen LogP contribution in [0.25, 0.3) is 0 Å². The van der Waals surface area contributed by atoms with Crippen molar-refractivity contribution in [3.8, 4) is 5.75 Å². The van der Waals surface area contributed by atoms with E-state index in [0.29, 0.717) is 19.4 Å². The van der Waals surface area contributed by atoms with Crippen molar-refractivity contribution in [2.45, 2.75) is 71.6 Å². The van der Waals surface area contributed by atoms with Gasteiger partial charge in [-0.3, -0.25) is 9.59 Å². The maximum Gasteiger partial charge on any atom is 0.321 e. The van der Waals surface area contributed by atoms with Gasteiger partial charge in [0.1, 0.15) is 5.75 Å². The lowest BCUT2D eigenvalue weighted by Crippen LogP contribution is -2.39. The van der Waals surface area contributed by atoms with Crippen LogP contribution < -0.4 is 4.74 Å². The van der Waals surface area contributed by atoms with Crippen molar-refractivity contribution in [2.75, 3.05) is 6.61 Å². The summed E-state index contributed by atoms with van der Waals surface area (Å²) in [5, 5.41) is 18.8. The Kier molecular flexibility index (Phi) is 9.78. The lowest BCUT2D eigenvalue weighted by molar-refractivity contribution is -0.165. The van der Waals surface area contributed by atoms with Gasteiger partial charge in [-0.25, -0.2) is 0 Å². The molecule has 0 amide bonds. The molecule has 0 radical (unpaired) electrons. The fourth-order valence-electron chi connectivity index (χ4n) is 3.08. The van der Waals surface area contributed by atoms with Gasteiger partial charge in [-0.1, -0.05) is 58.1 Å². The summed E-state index contributed by atoms with van der Waals surface area (Å²) in [5.74, 6) is -1.72. The summed E-state index contributed by atoms with van der Waals surface area (Å²) in [6.45, 7) is 4.69. The molecular formula is C21H32O5. The molecule has 0 saturated carbocycles. The molecule has 0 bridgehead atoms. The Morgan fingerprint density at radius 1 is 0.885 bits per heavy atom. The second-order valence-electron chi connectivity index (χ2n) is 6.85. The van der Waals surface area contributed by atoms with E-state index in [1.807, 2.05) is 24.3 Å². The molecular weight excluding hydrogens is 332 g/mol. The third kappa shape index (κ3) is 6.70. The van der Waals surface area contributed by atoms with Crippen LogP contribution in [0.3, 0.4) is 0 Å². The van der Waals surface area contributed by atoms with Gasteiger partial charge in [0.15, 0.2) is 5.41 Å². The molecule has 0 saturated heterocycles. The number of carboxylic acids is 2. The average Bonchev–Trinajstić information content (AvgIpc) is 2.62. The van der Waals surface area contributed by atoms with Crippen LogP contribution >= 0.6 is 0 Å². The van der Waals surface area contributed by atoms with E-state index < -0.39 is 17.4 Å². The largest absolute Gasteiger partial charge is 0.494 e. The zero-order chi connectivity index (χ0) is 19.4. The molecule has 5 heteroatoms. The van der Waals surface area contributed by atoms with Crippen molar-refractivity contribution in [1.82, 2.24) is 0 Å². The third-order valence-electron chi connectivity index (χ3n) is 4.78. The second kappa shape index (κ2) is 11.6. The highest BCUT2D eigenvalue weighted by molar-refractivity contribution is 5.98. The van der Waals surface area contributed by atoms with Crippen LogP contribution in [0.5, 0.6) is 5.75 Å². The van der Waals surface area contributed by atoms with Gasteiger partial charge in [-0.2, -0.15) is 0 Å². The highest BCUT2D eigenvalue weighted by Crippen LogP contribution is 2.31. The standard InChI is InChI=1S/C21H32O5/c1-3-5-6-7-8-16-26-18-11-9-17(10-12-18)13-15-21(14-4-2,19(22)23)20(24)25/h9-12H,3-8,13-16H2,1-2H3,(H,22,23)(H,24,25). The lowest BCUT2D eigenvalue weighted by atomic mass is 9.78. The average molecular weight is 364 g/mol. The third-order valence-corrected chi connectivity index (χ3v) is 4.78. The fourth-order valence-corrected chi connectivity index (χ4v) is 3.08. The number of unbranched alkanes of at least 4 members (excludes halogenated alkanes) is 4. The fraction of sp³-hybridized carbons (Fsp3) is 0.619. The van der Waals surface area contributed by atoms with Gasteiger partial charge in [0.05, 0.1) is 6.61 Å². The monoisotopic (exact) mass is 364 g/mol. The van der Waals surface area contributed by atoms with Gasteiger partial charge in [-0.05, 0) is 43.4 Å². The number of rotatable bonds is 14. The summed E-state index contributed by atoms with van der Waals surface area (Å²) in [6, 6.07) is 7.49. The van der Waals surface area contributed by atoms with E-state index in [-0.39, 0.29) is 12.8 Å². The Labute approximate surface area is 156 Å². The summed E-state index contributed by atoms with van der Waals surface area (Å²) in [4.78, 5) is 23.1. The van der Waals surface area contributed by atoms with E-state index in [1.54, 1.807) is 6.92 Å². The minimum atomic E-state index is -1.71. The summed E-state index contributed by atoms with van der Waals surface area (Å²) < 4.78 is 5.71. The smallest absolute Gasteiger partial charge is 0.321 e. The molecule has 0 aliphatic carbocycles. The molecule has 1 aromatic carbocycles. The van der Waals surface area contributed by atoms with E-state index in [0.717, 1.165) is 17.7 Å². The van der Waals surface area contributed by atoms with Crippen molar-refractivity contribution in [3.05, 3.63) is 29.8 Å². The lowest BCUT2D eigenvalue weighted by Gasteiger charge is -2.24. The first kappa shape index (κ1) is 22.0. The van der Waals surface area contributed by atoms with Gasteiger partial charge in [0.25, 0.3) is 0 Å². The molecule has 0 unspecified atom stereocenters. The summed E-state index contributed by atoms with van der Waals surface area (Å²) in [5.41, 5.74) is -0.786. The van der Waals surface area contributed by atoms with Crippen molar-refractivity contribution in [1.29, 1.82) is 0 Å². The normalized spacial score (nSPS) is 11.3. The minimum Gasteiger partial charge on any atom is -0.494 e. The predicted octanol–water partition coefficient (Wildman–Crippen LogP) is 4.92. The van der Waals surface area contributed by atoms with E-state index >= 15 is 0 Å². The molecule has 5 nitrogen and oxygen atoms in total. The zero-order valence-electron chi connectivity index (χ0n) is 16.0. The molecule has 0 heterocycles. The van der Waals surface area contributed by atoms with Crippen molar-refractivity contribution in [3.63, 3.8) is 0 Å². The number of carbonyl (C=O) groups is 2. The van der Waals surface area contributed by atoms with E-state index in [1.165, 1.54) is 25.7 Å². The Bertz CT molecular complexity index is 536. The zero-order valence-corrected chi connectivity index (χ0v) is 16.0. The van der Waals surface area contributed by atoms with Gasteiger partial charge in [0, 0.05) is 0 Å². The molecule has 0 atom stereocenters. The molecule has 0 aromatic heterocycles. The van der Waals surface area contributed by atoms with Crippen LogP contribution in [0.2, 0.25) is 0 Å². The number of aliphatic carboxylic acids is 2. The van der Waals surface area contributed by atoms with Gasteiger partial charge < -0.3 is 14.9 Å². The van der Waals surface area contributed by atoms with Crippen LogP contribution in [0, 0.1) is 5.41 Å². The van der Waals surface area contributed by atoms with Gasteiger partial charge >= 0.3 is 11.9 Å². The number of carboxylic acid groups (broad SMARTS) is 2.